The van der Waals surface area contributed by atoms with Crippen molar-refractivity contribution in [2.45, 2.75) is 57.7 Å². The Balaban J connectivity index is 1.85. The number of halogens is 1. The number of rotatable bonds is 4. The minimum atomic E-state index is -0.0568. The summed E-state index contributed by atoms with van der Waals surface area (Å²) in [4.78, 5) is 23.9. The number of anilines is 1. The average Bonchev–Trinajstić information content (AvgIpc) is 2.56. The number of nitrogens with zero attached hydrogens (tertiary/aromatic N) is 4. The Bertz CT molecular complexity index is 809. The standard InChI is InChI=1S/C18H26BrN5O/c1-11(2)24-16-12(9-15(19)17(24)25)10-20-18(22-16)21-13-5-7-14(8-6-13)23(3)4/h9-11,13-14H,5-8H2,1-4H3,(H,20,21,22). The molecule has 7 heteroatoms. The number of hydrogen-bond donors (Lipinski definition) is 1. The first kappa shape index (κ1) is 18.3. The topological polar surface area (TPSA) is 63.1 Å². The molecule has 0 aromatic carbocycles. The summed E-state index contributed by atoms with van der Waals surface area (Å²) >= 11 is 3.34. The molecule has 1 fully saturated rings. The van der Waals surface area contributed by atoms with E-state index < -0.39 is 0 Å². The molecule has 1 aliphatic rings. The van der Waals surface area contributed by atoms with Gasteiger partial charge < -0.3 is 10.2 Å². The van der Waals surface area contributed by atoms with Crippen molar-refractivity contribution in [2.24, 2.45) is 0 Å². The maximum atomic E-state index is 12.5. The number of pyridine rings is 1. The molecule has 0 amide bonds. The zero-order valence-electron chi connectivity index (χ0n) is 15.3. The van der Waals surface area contributed by atoms with Gasteiger partial charge in [-0.3, -0.25) is 9.36 Å². The highest BCUT2D eigenvalue weighted by Crippen LogP contribution is 2.24. The van der Waals surface area contributed by atoms with E-state index in [1.165, 1.54) is 12.8 Å². The molecule has 1 aliphatic carbocycles. The van der Waals surface area contributed by atoms with Crippen LogP contribution in [0.4, 0.5) is 5.95 Å². The van der Waals surface area contributed by atoms with Crippen molar-refractivity contribution in [3.8, 4) is 0 Å². The fourth-order valence-electron chi connectivity index (χ4n) is 3.55. The van der Waals surface area contributed by atoms with Gasteiger partial charge >= 0.3 is 0 Å². The van der Waals surface area contributed by atoms with Gasteiger partial charge in [-0.2, -0.15) is 4.98 Å². The average molecular weight is 408 g/mol. The Morgan fingerprint density at radius 2 is 1.96 bits per heavy atom. The van der Waals surface area contributed by atoms with Gasteiger partial charge in [0.25, 0.3) is 5.56 Å². The van der Waals surface area contributed by atoms with Crippen LogP contribution >= 0.6 is 15.9 Å². The molecule has 6 nitrogen and oxygen atoms in total. The summed E-state index contributed by atoms with van der Waals surface area (Å²) in [5.74, 6) is 0.608. The van der Waals surface area contributed by atoms with E-state index in [0.29, 0.717) is 28.2 Å². The highest BCUT2D eigenvalue weighted by molar-refractivity contribution is 9.10. The molecule has 0 atom stereocenters. The fraction of sp³-hybridized carbons (Fsp3) is 0.611. The van der Waals surface area contributed by atoms with E-state index in [1.54, 1.807) is 16.8 Å². The van der Waals surface area contributed by atoms with Crippen molar-refractivity contribution in [2.75, 3.05) is 19.4 Å². The van der Waals surface area contributed by atoms with Crippen molar-refractivity contribution in [3.05, 3.63) is 27.1 Å². The molecular formula is C18H26BrN5O. The van der Waals surface area contributed by atoms with Crippen molar-refractivity contribution < 1.29 is 0 Å². The zero-order valence-corrected chi connectivity index (χ0v) is 16.9. The van der Waals surface area contributed by atoms with Crippen LogP contribution in [-0.2, 0) is 0 Å². The van der Waals surface area contributed by atoms with Crippen LogP contribution in [0.3, 0.4) is 0 Å². The van der Waals surface area contributed by atoms with Gasteiger partial charge in [-0.15, -0.1) is 0 Å². The largest absolute Gasteiger partial charge is 0.351 e. The van der Waals surface area contributed by atoms with E-state index in [2.05, 4.69) is 50.2 Å². The number of nitrogens with one attached hydrogen (secondary N) is 1. The highest BCUT2D eigenvalue weighted by atomic mass is 79.9. The van der Waals surface area contributed by atoms with Crippen molar-refractivity contribution in [3.63, 3.8) is 0 Å². The second-order valence-electron chi connectivity index (χ2n) is 7.35. The van der Waals surface area contributed by atoms with Crippen LogP contribution in [0.2, 0.25) is 0 Å². The molecule has 3 rings (SSSR count). The van der Waals surface area contributed by atoms with Gasteiger partial charge in [-0.05, 0) is 75.6 Å². The lowest BCUT2D eigenvalue weighted by molar-refractivity contribution is 0.221. The van der Waals surface area contributed by atoms with Gasteiger partial charge in [0, 0.05) is 29.7 Å². The number of fused-ring (bicyclic) bond motifs is 1. The van der Waals surface area contributed by atoms with Crippen LogP contribution in [0.5, 0.6) is 0 Å². The molecule has 0 aliphatic heterocycles. The molecule has 0 unspecified atom stereocenters. The Hall–Kier alpha value is -1.47. The predicted octanol–water partition coefficient (Wildman–Crippen LogP) is 3.42. The van der Waals surface area contributed by atoms with Crippen molar-refractivity contribution in [1.82, 2.24) is 19.4 Å². The lowest BCUT2D eigenvalue weighted by atomic mass is 9.91. The molecule has 0 spiro atoms. The van der Waals surface area contributed by atoms with E-state index >= 15 is 0 Å². The first-order chi connectivity index (χ1) is 11.9. The van der Waals surface area contributed by atoms with Crippen molar-refractivity contribution >= 4 is 32.9 Å². The molecule has 1 saturated carbocycles. The maximum absolute atomic E-state index is 12.5. The van der Waals surface area contributed by atoms with Gasteiger partial charge in [-0.25, -0.2) is 4.98 Å². The van der Waals surface area contributed by atoms with E-state index in [9.17, 15) is 4.79 Å². The van der Waals surface area contributed by atoms with E-state index in [4.69, 9.17) is 0 Å². The van der Waals surface area contributed by atoms with Crippen LogP contribution in [0, 0.1) is 0 Å². The molecular weight excluding hydrogens is 382 g/mol. The normalized spacial score (nSPS) is 21.2. The van der Waals surface area contributed by atoms with Crippen LogP contribution < -0.4 is 10.9 Å². The summed E-state index contributed by atoms with van der Waals surface area (Å²) in [5.41, 5.74) is 0.626. The molecule has 2 aromatic rings. The molecule has 2 aromatic heterocycles. The quantitative estimate of drug-likeness (QED) is 0.840. The minimum Gasteiger partial charge on any atom is -0.351 e. The van der Waals surface area contributed by atoms with Gasteiger partial charge in [0.15, 0.2) is 0 Å². The Kier molecular flexibility index (Phi) is 5.43. The first-order valence-corrected chi connectivity index (χ1v) is 9.67. The smallest absolute Gasteiger partial charge is 0.266 e. The minimum absolute atomic E-state index is 0.0331. The van der Waals surface area contributed by atoms with E-state index in [1.807, 2.05) is 13.8 Å². The third kappa shape index (κ3) is 3.87. The van der Waals surface area contributed by atoms with Gasteiger partial charge in [0.1, 0.15) is 5.65 Å². The highest BCUT2D eigenvalue weighted by Gasteiger charge is 2.23. The predicted molar refractivity (Wildman–Crippen MR) is 105 cm³/mol. The fourth-order valence-corrected chi connectivity index (χ4v) is 3.99. The lowest BCUT2D eigenvalue weighted by Crippen LogP contribution is -2.36. The monoisotopic (exact) mass is 407 g/mol. The summed E-state index contributed by atoms with van der Waals surface area (Å²) in [6, 6.07) is 2.89. The summed E-state index contributed by atoms with van der Waals surface area (Å²) < 4.78 is 2.26. The second-order valence-corrected chi connectivity index (χ2v) is 8.20. The third-order valence-electron chi connectivity index (χ3n) is 5.01. The zero-order chi connectivity index (χ0) is 18.1. The SMILES string of the molecule is CC(C)n1c(=O)c(Br)cc2cnc(NC3CCC(N(C)C)CC3)nc21. The Labute approximate surface area is 156 Å². The van der Waals surface area contributed by atoms with Crippen LogP contribution in [-0.4, -0.2) is 45.6 Å². The molecule has 2 heterocycles. The third-order valence-corrected chi connectivity index (χ3v) is 5.57. The summed E-state index contributed by atoms with van der Waals surface area (Å²) in [7, 11) is 4.29. The summed E-state index contributed by atoms with van der Waals surface area (Å²) in [6.45, 7) is 3.98. The summed E-state index contributed by atoms with van der Waals surface area (Å²) in [5, 5.41) is 4.33. The molecule has 25 heavy (non-hydrogen) atoms. The maximum Gasteiger partial charge on any atom is 0.266 e. The molecule has 0 bridgehead atoms. The van der Waals surface area contributed by atoms with Gasteiger partial charge in [-0.1, -0.05) is 0 Å². The molecule has 0 saturated heterocycles. The lowest BCUT2D eigenvalue weighted by Gasteiger charge is -2.33. The van der Waals surface area contributed by atoms with Gasteiger partial charge in [0.2, 0.25) is 5.95 Å². The first-order valence-electron chi connectivity index (χ1n) is 8.87. The Morgan fingerprint density at radius 3 is 2.56 bits per heavy atom. The van der Waals surface area contributed by atoms with Crippen LogP contribution in [0.15, 0.2) is 21.5 Å². The Morgan fingerprint density at radius 1 is 1.28 bits per heavy atom. The second kappa shape index (κ2) is 7.41. The molecule has 1 N–H and O–H groups in total. The van der Waals surface area contributed by atoms with Crippen molar-refractivity contribution in [1.29, 1.82) is 0 Å². The van der Waals surface area contributed by atoms with E-state index in [0.717, 1.165) is 18.2 Å². The number of aromatic nitrogens is 3. The van der Waals surface area contributed by atoms with E-state index in [-0.39, 0.29) is 11.6 Å². The molecule has 136 valence electrons. The number of hydrogen-bond acceptors (Lipinski definition) is 5. The summed E-state index contributed by atoms with van der Waals surface area (Å²) in [6.07, 6.45) is 6.38. The molecule has 0 radical (unpaired) electrons. The van der Waals surface area contributed by atoms with Crippen LogP contribution in [0.25, 0.3) is 11.0 Å². The van der Waals surface area contributed by atoms with Gasteiger partial charge in [0.05, 0.1) is 4.47 Å². The van der Waals surface area contributed by atoms with Crippen LogP contribution in [0.1, 0.15) is 45.6 Å².